The van der Waals surface area contributed by atoms with Gasteiger partial charge in [0.2, 0.25) is 0 Å². The van der Waals surface area contributed by atoms with Gasteiger partial charge in [0.15, 0.2) is 5.78 Å². The molecule has 1 aliphatic heterocycles. The highest BCUT2D eigenvalue weighted by Crippen LogP contribution is 2.45. The zero-order valence-corrected chi connectivity index (χ0v) is 18.8. The molecule has 2 aromatic rings. The van der Waals surface area contributed by atoms with Crippen LogP contribution >= 0.6 is 11.3 Å². The third kappa shape index (κ3) is 4.14. The van der Waals surface area contributed by atoms with Crippen LogP contribution in [0, 0.1) is 5.41 Å². The van der Waals surface area contributed by atoms with Crippen LogP contribution in [0.25, 0.3) is 0 Å². The standard InChI is InChI=1S/C23H29N3O3S/c1-4-25(15-16-5-7-24-8-6-16)21(28)19-17-13-23(2,3)14-18(27)20(17)30-22(19)26-9-11-29-12-10-26/h5-8H,4,9-15H2,1-3H3. The van der Waals surface area contributed by atoms with Gasteiger partial charge in [-0.25, -0.2) is 0 Å². The summed E-state index contributed by atoms with van der Waals surface area (Å²) >= 11 is 1.50. The van der Waals surface area contributed by atoms with Crippen LogP contribution in [0.5, 0.6) is 0 Å². The molecular formula is C23H29N3O3S. The third-order valence-electron chi connectivity index (χ3n) is 5.84. The van der Waals surface area contributed by atoms with Gasteiger partial charge in [0.05, 0.1) is 23.7 Å². The number of fused-ring (bicyclic) bond motifs is 1. The lowest BCUT2D eigenvalue weighted by molar-refractivity contribution is 0.0750. The first kappa shape index (κ1) is 21.0. The first-order chi connectivity index (χ1) is 14.4. The van der Waals surface area contributed by atoms with Crippen molar-refractivity contribution in [1.82, 2.24) is 9.88 Å². The molecule has 0 saturated carbocycles. The Morgan fingerprint density at radius 2 is 1.93 bits per heavy atom. The van der Waals surface area contributed by atoms with Gasteiger partial charge in [0, 0.05) is 45.0 Å². The third-order valence-corrected chi connectivity index (χ3v) is 7.17. The predicted molar refractivity (Wildman–Crippen MR) is 118 cm³/mol. The Morgan fingerprint density at radius 3 is 2.60 bits per heavy atom. The van der Waals surface area contributed by atoms with Gasteiger partial charge in [-0.2, -0.15) is 0 Å². The van der Waals surface area contributed by atoms with E-state index in [1.165, 1.54) is 11.3 Å². The number of rotatable bonds is 5. The fourth-order valence-electron chi connectivity index (χ4n) is 4.31. The van der Waals surface area contributed by atoms with Crippen molar-refractivity contribution in [2.45, 2.75) is 40.2 Å². The molecular weight excluding hydrogens is 398 g/mol. The van der Waals surface area contributed by atoms with Crippen LogP contribution in [0.2, 0.25) is 0 Å². The number of hydrogen-bond donors (Lipinski definition) is 0. The van der Waals surface area contributed by atoms with E-state index >= 15 is 0 Å². The Morgan fingerprint density at radius 1 is 1.23 bits per heavy atom. The average molecular weight is 428 g/mol. The Hall–Kier alpha value is -2.25. The molecule has 0 N–H and O–H groups in total. The average Bonchev–Trinajstić information content (AvgIpc) is 3.11. The van der Waals surface area contributed by atoms with E-state index in [-0.39, 0.29) is 17.1 Å². The summed E-state index contributed by atoms with van der Waals surface area (Å²) in [6.07, 6.45) is 4.79. The summed E-state index contributed by atoms with van der Waals surface area (Å²) in [5.74, 6) is 0.177. The van der Waals surface area contributed by atoms with Crippen LogP contribution in [0.4, 0.5) is 5.00 Å². The zero-order valence-electron chi connectivity index (χ0n) is 17.9. The second-order valence-electron chi connectivity index (χ2n) is 8.81. The van der Waals surface area contributed by atoms with Gasteiger partial charge in [0.1, 0.15) is 5.00 Å². The number of carbonyl (C=O) groups is 2. The molecule has 4 rings (SSSR count). The molecule has 1 fully saturated rings. The fraction of sp³-hybridized carbons (Fsp3) is 0.522. The number of amides is 1. The Bertz CT molecular complexity index is 933. The highest BCUT2D eigenvalue weighted by atomic mass is 32.1. The van der Waals surface area contributed by atoms with Gasteiger partial charge in [-0.05, 0) is 42.0 Å². The summed E-state index contributed by atoms with van der Waals surface area (Å²) in [6.45, 7) is 10.1. The van der Waals surface area contributed by atoms with E-state index in [1.807, 2.05) is 24.0 Å². The van der Waals surface area contributed by atoms with Crippen molar-refractivity contribution in [3.63, 3.8) is 0 Å². The first-order valence-electron chi connectivity index (χ1n) is 10.6. The van der Waals surface area contributed by atoms with Gasteiger partial charge in [-0.15, -0.1) is 11.3 Å². The van der Waals surface area contributed by atoms with Gasteiger partial charge >= 0.3 is 0 Å². The quantitative estimate of drug-likeness (QED) is 0.726. The van der Waals surface area contributed by atoms with Gasteiger partial charge in [-0.3, -0.25) is 14.6 Å². The van der Waals surface area contributed by atoms with E-state index < -0.39 is 0 Å². The van der Waals surface area contributed by atoms with Crippen molar-refractivity contribution < 1.29 is 14.3 Å². The summed E-state index contributed by atoms with van der Waals surface area (Å²) in [5.41, 5.74) is 2.59. The fourth-order valence-corrected chi connectivity index (χ4v) is 5.61. The summed E-state index contributed by atoms with van der Waals surface area (Å²) in [5, 5.41) is 0.938. The van der Waals surface area contributed by atoms with Crippen molar-refractivity contribution in [3.8, 4) is 0 Å². The lowest BCUT2D eigenvalue weighted by Gasteiger charge is -2.31. The maximum absolute atomic E-state index is 13.8. The van der Waals surface area contributed by atoms with E-state index in [0.29, 0.717) is 32.7 Å². The lowest BCUT2D eigenvalue weighted by Crippen LogP contribution is -2.38. The highest BCUT2D eigenvalue weighted by Gasteiger charge is 2.39. The SMILES string of the molecule is CCN(Cc1ccncc1)C(=O)c1c(N2CCOCC2)sc2c1CC(C)(C)CC2=O. The van der Waals surface area contributed by atoms with E-state index in [2.05, 4.69) is 23.7 Å². The van der Waals surface area contributed by atoms with Crippen LogP contribution < -0.4 is 4.90 Å². The smallest absolute Gasteiger partial charge is 0.257 e. The summed E-state index contributed by atoms with van der Waals surface area (Å²) in [4.78, 5) is 35.7. The first-order valence-corrected chi connectivity index (χ1v) is 11.4. The minimum absolute atomic E-state index is 0.0128. The molecule has 0 aromatic carbocycles. The number of nitrogens with zero attached hydrogens (tertiary/aromatic N) is 3. The van der Waals surface area contributed by atoms with E-state index in [4.69, 9.17) is 4.74 Å². The van der Waals surface area contributed by atoms with Crippen LogP contribution in [0.1, 0.15) is 58.3 Å². The second kappa shape index (κ2) is 8.47. The summed E-state index contributed by atoms with van der Waals surface area (Å²) in [6, 6.07) is 3.88. The van der Waals surface area contributed by atoms with Crippen molar-refractivity contribution in [2.24, 2.45) is 5.41 Å². The minimum Gasteiger partial charge on any atom is -0.378 e. The number of morpholine rings is 1. The molecule has 1 aliphatic carbocycles. The Kier molecular flexibility index (Phi) is 5.93. The normalized spacial score (nSPS) is 18.2. The molecule has 2 aliphatic rings. The number of aromatic nitrogens is 1. The molecule has 2 aromatic heterocycles. The monoisotopic (exact) mass is 427 g/mol. The summed E-state index contributed by atoms with van der Waals surface area (Å²) in [7, 11) is 0. The molecule has 0 atom stereocenters. The second-order valence-corrected chi connectivity index (χ2v) is 9.80. The van der Waals surface area contributed by atoms with E-state index in [0.717, 1.165) is 46.1 Å². The Balaban J connectivity index is 1.76. The van der Waals surface area contributed by atoms with E-state index in [1.54, 1.807) is 12.4 Å². The number of hydrogen-bond acceptors (Lipinski definition) is 6. The van der Waals surface area contributed by atoms with Crippen LogP contribution in [-0.2, 0) is 17.7 Å². The van der Waals surface area contributed by atoms with Gasteiger partial charge < -0.3 is 14.5 Å². The number of pyridine rings is 1. The Labute approximate surface area is 181 Å². The summed E-state index contributed by atoms with van der Waals surface area (Å²) < 4.78 is 5.52. The molecule has 160 valence electrons. The number of Topliss-reactive ketones (excluding diaryl/α,β-unsaturated/α-hetero) is 1. The van der Waals surface area contributed by atoms with Crippen LogP contribution in [0.15, 0.2) is 24.5 Å². The van der Waals surface area contributed by atoms with Crippen molar-refractivity contribution in [1.29, 1.82) is 0 Å². The molecule has 0 spiro atoms. The number of ketones is 1. The van der Waals surface area contributed by atoms with Crippen molar-refractivity contribution >= 4 is 28.0 Å². The number of anilines is 1. The van der Waals surface area contributed by atoms with Gasteiger partial charge in [-0.1, -0.05) is 13.8 Å². The maximum Gasteiger partial charge on any atom is 0.257 e. The van der Waals surface area contributed by atoms with Crippen molar-refractivity contribution in [2.75, 3.05) is 37.7 Å². The molecule has 1 saturated heterocycles. The number of carbonyl (C=O) groups excluding carboxylic acids is 2. The minimum atomic E-state index is -0.134. The molecule has 30 heavy (non-hydrogen) atoms. The maximum atomic E-state index is 13.8. The number of ether oxygens (including phenoxy) is 1. The molecule has 0 bridgehead atoms. The largest absolute Gasteiger partial charge is 0.378 e. The van der Waals surface area contributed by atoms with Gasteiger partial charge in [0.25, 0.3) is 5.91 Å². The van der Waals surface area contributed by atoms with Crippen LogP contribution in [0.3, 0.4) is 0 Å². The molecule has 0 radical (unpaired) electrons. The van der Waals surface area contributed by atoms with E-state index in [9.17, 15) is 9.59 Å². The topological polar surface area (TPSA) is 62.7 Å². The molecule has 3 heterocycles. The number of thiophene rings is 1. The predicted octanol–water partition coefficient (Wildman–Crippen LogP) is 3.80. The molecule has 7 heteroatoms. The molecule has 0 unspecified atom stereocenters. The molecule has 1 amide bonds. The lowest BCUT2D eigenvalue weighted by atomic mass is 9.75. The van der Waals surface area contributed by atoms with Crippen molar-refractivity contribution in [3.05, 3.63) is 46.1 Å². The zero-order chi connectivity index (χ0) is 21.3. The van der Waals surface area contributed by atoms with Crippen LogP contribution in [-0.4, -0.2) is 54.4 Å². The highest BCUT2D eigenvalue weighted by molar-refractivity contribution is 7.18. The molecule has 6 nitrogen and oxygen atoms in total.